The van der Waals surface area contributed by atoms with Gasteiger partial charge in [0.2, 0.25) is 0 Å². The lowest BCUT2D eigenvalue weighted by atomic mass is 9.95. The molecule has 2 aromatic rings. The standard InChI is InChI=1S/C15H15NOS/c1-10-9-18-15(16-10)8-14(17)13-7-6-11-4-2-3-5-12(11)13/h2-5,9,13H,6-8H2,1H3. The van der Waals surface area contributed by atoms with E-state index in [0.717, 1.165) is 23.5 Å². The van der Waals surface area contributed by atoms with E-state index in [0.29, 0.717) is 12.2 Å². The van der Waals surface area contributed by atoms with Gasteiger partial charge in [-0.15, -0.1) is 11.3 Å². The Bertz CT molecular complexity index is 588. The van der Waals surface area contributed by atoms with E-state index in [1.54, 1.807) is 11.3 Å². The quantitative estimate of drug-likeness (QED) is 0.844. The maximum absolute atomic E-state index is 12.4. The number of aryl methyl sites for hydroxylation is 2. The minimum absolute atomic E-state index is 0.0883. The number of hydrogen-bond donors (Lipinski definition) is 0. The summed E-state index contributed by atoms with van der Waals surface area (Å²) in [6.45, 7) is 1.97. The predicted octanol–water partition coefficient (Wildman–Crippen LogP) is 3.29. The number of carbonyl (C=O) groups excluding carboxylic acids is 1. The highest BCUT2D eigenvalue weighted by Crippen LogP contribution is 2.34. The van der Waals surface area contributed by atoms with Crippen molar-refractivity contribution in [2.75, 3.05) is 0 Å². The molecule has 2 nitrogen and oxygen atoms in total. The molecule has 1 aromatic carbocycles. The summed E-state index contributed by atoms with van der Waals surface area (Å²) < 4.78 is 0. The van der Waals surface area contributed by atoms with E-state index in [1.807, 2.05) is 18.4 Å². The van der Waals surface area contributed by atoms with E-state index in [-0.39, 0.29) is 5.92 Å². The van der Waals surface area contributed by atoms with Crippen LogP contribution in [-0.4, -0.2) is 10.8 Å². The first kappa shape index (κ1) is 11.6. The molecule has 3 rings (SSSR count). The normalized spacial score (nSPS) is 17.7. The first-order valence-electron chi connectivity index (χ1n) is 6.25. The number of fused-ring (bicyclic) bond motifs is 1. The molecule has 92 valence electrons. The van der Waals surface area contributed by atoms with Crippen LogP contribution in [0.4, 0.5) is 0 Å². The Labute approximate surface area is 111 Å². The molecule has 1 aliphatic rings. The van der Waals surface area contributed by atoms with Gasteiger partial charge < -0.3 is 0 Å². The summed E-state index contributed by atoms with van der Waals surface area (Å²) in [7, 11) is 0. The van der Waals surface area contributed by atoms with Crippen molar-refractivity contribution in [1.82, 2.24) is 4.98 Å². The zero-order valence-corrected chi connectivity index (χ0v) is 11.2. The van der Waals surface area contributed by atoms with E-state index in [2.05, 4.69) is 23.2 Å². The zero-order valence-electron chi connectivity index (χ0n) is 10.3. The van der Waals surface area contributed by atoms with E-state index in [9.17, 15) is 4.79 Å². The van der Waals surface area contributed by atoms with Gasteiger partial charge in [-0.1, -0.05) is 24.3 Å². The summed E-state index contributed by atoms with van der Waals surface area (Å²) in [5, 5.41) is 2.95. The van der Waals surface area contributed by atoms with E-state index in [4.69, 9.17) is 0 Å². The van der Waals surface area contributed by atoms with Crippen molar-refractivity contribution in [3.05, 3.63) is 51.5 Å². The maximum Gasteiger partial charge on any atom is 0.147 e. The van der Waals surface area contributed by atoms with Crippen LogP contribution in [0.1, 0.15) is 34.2 Å². The molecule has 0 fully saturated rings. The number of carbonyl (C=O) groups is 1. The molecule has 1 heterocycles. The molecule has 0 spiro atoms. The highest BCUT2D eigenvalue weighted by atomic mass is 32.1. The van der Waals surface area contributed by atoms with E-state index < -0.39 is 0 Å². The van der Waals surface area contributed by atoms with Gasteiger partial charge in [0.15, 0.2) is 0 Å². The lowest BCUT2D eigenvalue weighted by Crippen LogP contribution is -2.12. The van der Waals surface area contributed by atoms with Crippen molar-refractivity contribution in [1.29, 1.82) is 0 Å². The van der Waals surface area contributed by atoms with Crippen LogP contribution < -0.4 is 0 Å². The average molecular weight is 257 g/mol. The van der Waals surface area contributed by atoms with Crippen molar-refractivity contribution < 1.29 is 4.79 Å². The number of Topliss-reactive ketones (excluding diaryl/α,β-unsaturated/α-hetero) is 1. The lowest BCUT2D eigenvalue weighted by Gasteiger charge is -2.09. The fourth-order valence-corrected chi connectivity index (χ4v) is 3.43. The molecule has 0 radical (unpaired) electrons. The predicted molar refractivity (Wildman–Crippen MR) is 73.1 cm³/mol. The summed E-state index contributed by atoms with van der Waals surface area (Å²) in [5.41, 5.74) is 3.58. The Kier molecular flexibility index (Phi) is 3.00. The fourth-order valence-electron chi connectivity index (χ4n) is 2.65. The Morgan fingerprint density at radius 1 is 1.44 bits per heavy atom. The minimum Gasteiger partial charge on any atom is -0.299 e. The summed E-state index contributed by atoms with van der Waals surface area (Å²) >= 11 is 1.59. The van der Waals surface area contributed by atoms with Crippen LogP contribution in [0.2, 0.25) is 0 Å². The summed E-state index contributed by atoms with van der Waals surface area (Å²) in [5.74, 6) is 0.403. The second-order valence-electron chi connectivity index (χ2n) is 4.82. The Morgan fingerprint density at radius 2 is 2.28 bits per heavy atom. The summed E-state index contributed by atoms with van der Waals surface area (Å²) in [4.78, 5) is 16.7. The van der Waals surface area contributed by atoms with Gasteiger partial charge in [-0.25, -0.2) is 4.98 Å². The highest BCUT2D eigenvalue weighted by Gasteiger charge is 2.28. The van der Waals surface area contributed by atoms with E-state index in [1.165, 1.54) is 11.1 Å². The van der Waals surface area contributed by atoms with Crippen molar-refractivity contribution in [2.45, 2.75) is 32.1 Å². The van der Waals surface area contributed by atoms with Crippen molar-refractivity contribution in [3.63, 3.8) is 0 Å². The largest absolute Gasteiger partial charge is 0.299 e. The first-order chi connectivity index (χ1) is 8.74. The van der Waals surface area contributed by atoms with Crippen molar-refractivity contribution in [2.24, 2.45) is 0 Å². The molecule has 1 aromatic heterocycles. The van der Waals surface area contributed by atoms with Gasteiger partial charge in [-0.3, -0.25) is 4.79 Å². The van der Waals surface area contributed by atoms with Crippen LogP contribution in [0.25, 0.3) is 0 Å². The monoisotopic (exact) mass is 257 g/mol. The number of rotatable bonds is 3. The Hall–Kier alpha value is -1.48. The molecular weight excluding hydrogens is 242 g/mol. The van der Waals surface area contributed by atoms with Crippen LogP contribution in [-0.2, 0) is 17.6 Å². The second-order valence-corrected chi connectivity index (χ2v) is 5.76. The van der Waals surface area contributed by atoms with Crippen LogP contribution in [0.5, 0.6) is 0 Å². The molecule has 1 aliphatic carbocycles. The number of thiazole rings is 1. The van der Waals surface area contributed by atoms with Gasteiger partial charge >= 0.3 is 0 Å². The molecule has 0 bridgehead atoms. The molecule has 0 amide bonds. The number of benzene rings is 1. The second kappa shape index (κ2) is 4.65. The van der Waals surface area contributed by atoms with Gasteiger partial charge in [0.25, 0.3) is 0 Å². The molecular formula is C15H15NOS. The molecule has 1 atom stereocenters. The van der Waals surface area contributed by atoms with Gasteiger partial charge in [0, 0.05) is 17.0 Å². The molecule has 0 saturated heterocycles. The van der Waals surface area contributed by atoms with Gasteiger partial charge in [-0.05, 0) is 30.9 Å². The Balaban J connectivity index is 1.78. The first-order valence-corrected chi connectivity index (χ1v) is 7.13. The highest BCUT2D eigenvalue weighted by molar-refractivity contribution is 7.09. The third-order valence-corrected chi connectivity index (χ3v) is 4.48. The topological polar surface area (TPSA) is 30.0 Å². The van der Waals surface area contributed by atoms with Crippen LogP contribution in [0, 0.1) is 6.92 Å². The smallest absolute Gasteiger partial charge is 0.147 e. The van der Waals surface area contributed by atoms with Crippen molar-refractivity contribution >= 4 is 17.1 Å². The average Bonchev–Trinajstić information content (AvgIpc) is 2.95. The zero-order chi connectivity index (χ0) is 12.5. The molecule has 3 heteroatoms. The minimum atomic E-state index is 0.0883. The molecule has 0 saturated carbocycles. The number of aromatic nitrogens is 1. The van der Waals surface area contributed by atoms with Crippen LogP contribution in [0.3, 0.4) is 0 Å². The molecule has 0 aliphatic heterocycles. The molecule has 1 unspecified atom stereocenters. The van der Waals surface area contributed by atoms with Gasteiger partial charge in [0.1, 0.15) is 10.8 Å². The lowest BCUT2D eigenvalue weighted by molar-refractivity contribution is -0.119. The molecule has 18 heavy (non-hydrogen) atoms. The summed E-state index contributed by atoms with van der Waals surface area (Å²) in [6, 6.07) is 8.31. The SMILES string of the molecule is Cc1csc(CC(=O)C2CCc3ccccc32)n1. The van der Waals surface area contributed by atoms with Gasteiger partial charge in [-0.2, -0.15) is 0 Å². The number of hydrogen-bond acceptors (Lipinski definition) is 3. The third-order valence-electron chi connectivity index (χ3n) is 3.51. The van der Waals surface area contributed by atoms with Gasteiger partial charge in [0.05, 0.1) is 6.42 Å². The van der Waals surface area contributed by atoms with Crippen LogP contribution >= 0.6 is 11.3 Å². The number of nitrogens with zero attached hydrogens (tertiary/aromatic N) is 1. The maximum atomic E-state index is 12.4. The van der Waals surface area contributed by atoms with Crippen molar-refractivity contribution in [3.8, 4) is 0 Å². The third kappa shape index (κ3) is 2.10. The Morgan fingerprint density at radius 3 is 3.06 bits per heavy atom. The fraction of sp³-hybridized carbons (Fsp3) is 0.333. The molecule has 0 N–H and O–H groups in total. The number of ketones is 1. The summed E-state index contributed by atoms with van der Waals surface area (Å²) in [6.07, 6.45) is 2.48. The van der Waals surface area contributed by atoms with E-state index >= 15 is 0 Å². The van der Waals surface area contributed by atoms with Crippen LogP contribution in [0.15, 0.2) is 29.6 Å².